The topological polar surface area (TPSA) is 102 Å². The Balaban J connectivity index is 1.23. The number of alkyl halides is 2. The van der Waals surface area contributed by atoms with Crippen molar-refractivity contribution >= 4 is 22.8 Å². The smallest absolute Gasteiger partial charge is 0.259 e. The molecule has 186 valence electrons. The predicted molar refractivity (Wildman–Crippen MR) is 127 cm³/mol. The second-order valence-corrected chi connectivity index (χ2v) is 9.21. The number of nitrogens with one attached hydrogen (secondary N) is 1. The molecule has 0 bridgehead atoms. The highest BCUT2D eigenvalue weighted by molar-refractivity contribution is 6.09. The number of tetrazole rings is 1. The lowest BCUT2D eigenvalue weighted by Gasteiger charge is -2.33. The molecule has 0 unspecified atom stereocenters. The maximum absolute atomic E-state index is 13.3. The summed E-state index contributed by atoms with van der Waals surface area (Å²) < 4.78 is 33.5. The maximum atomic E-state index is 13.3. The number of hydrogen-bond donors (Lipinski definition) is 1. The normalized spacial score (nSPS) is 17.8. The highest BCUT2D eigenvalue weighted by atomic mass is 19.3. The van der Waals surface area contributed by atoms with Gasteiger partial charge in [0.25, 0.3) is 11.8 Å². The molecule has 0 spiro atoms. The highest BCUT2D eigenvalue weighted by Gasteiger charge is 2.47. The third-order valence-electron chi connectivity index (χ3n) is 6.69. The number of morpholine rings is 1. The standard InChI is InChI=1S/C24H24F2N8O2/c1-15-2-3-16(22-29-31-34(30-22)18-12-24(25,26)13-18)10-20(15)28-23(35)19-14-27-33-5-4-17(11-21(19)33)32-6-8-36-9-7-32/h2-5,10-11,14,18H,6-9,12-13H2,1H3,(H,28,35). The van der Waals surface area contributed by atoms with Gasteiger partial charge in [-0.2, -0.15) is 9.90 Å². The molecular weight excluding hydrogens is 470 g/mol. The number of halogens is 2. The van der Waals surface area contributed by atoms with Gasteiger partial charge in [0.05, 0.1) is 36.5 Å². The Morgan fingerprint density at radius 1 is 1.17 bits per heavy atom. The van der Waals surface area contributed by atoms with Crippen LogP contribution in [0.3, 0.4) is 0 Å². The van der Waals surface area contributed by atoms with E-state index >= 15 is 0 Å². The maximum Gasteiger partial charge on any atom is 0.259 e. The lowest BCUT2D eigenvalue weighted by atomic mass is 9.89. The number of anilines is 2. The second-order valence-electron chi connectivity index (χ2n) is 9.21. The fraction of sp³-hybridized carbons (Fsp3) is 0.375. The Morgan fingerprint density at radius 2 is 1.97 bits per heavy atom. The van der Waals surface area contributed by atoms with Gasteiger partial charge in [-0.25, -0.2) is 13.3 Å². The number of amides is 1. The van der Waals surface area contributed by atoms with Gasteiger partial charge in [-0.15, -0.1) is 10.2 Å². The van der Waals surface area contributed by atoms with Crippen molar-refractivity contribution < 1.29 is 18.3 Å². The molecule has 1 amide bonds. The molecule has 10 nitrogen and oxygen atoms in total. The Hall–Kier alpha value is -3.93. The number of ether oxygens (including phenoxy) is 1. The van der Waals surface area contributed by atoms with Crippen LogP contribution in [0.15, 0.2) is 42.7 Å². The van der Waals surface area contributed by atoms with E-state index in [0.29, 0.717) is 41.4 Å². The third kappa shape index (κ3) is 4.17. The molecule has 2 aliphatic rings. The summed E-state index contributed by atoms with van der Waals surface area (Å²) in [5.41, 5.74) is 4.23. The number of carbonyl (C=O) groups excluding carboxylic acids is 1. The lowest BCUT2D eigenvalue weighted by molar-refractivity contribution is -0.110. The highest BCUT2D eigenvalue weighted by Crippen LogP contribution is 2.44. The van der Waals surface area contributed by atoms with Gasteiger partial charge in [-0.1, -0.05) is 12.1 Å². The largest absolute Gasteiger partial charge is 0.378 e. The summed E-state index contributed by atoms with van der Waals surface area (Å²) in [6.07, 6.45) is 2.82. The van der Waals surface area contributed by atoms with Crippen LogP contribution in [0.25, 0.3) is 16.9 Å². The SMILES string of the molecule is Cc1ccc(-c2nnn(C3CC(F)(F)C3)n2)cc1NC(=O)c1cnn2ccc(N3CCOCC3)cc12. The van der Waals surface area contributed by atoms with Crippen LogP contribution in [0.1, 0.15) is 34.8 Å². The summed E-state index contributed by atoms with van der Waals surface area (Å²) in [4.78, 5) is 16.7. The average molecular weight is 495 g/mol. The van der Waals surface area contributed by atoms with Gasteiger partial charge in [-0.3, -0.25) is 4.79 Å². The molecule has 4 aromatic rings. The Bertz CT molecular complexity index is 1440. The lowest BCUT2D eigenvalue weighted by Crippen LogP contribution is -2.38. The minimum absolute atomic E-state index is 0.287. The van der Waals surface area contributed by atoms with Gasteiger partial charge < -0.3 is 15.0 Å². The molecule has 36 heavy (non-hydrogen) atoms. The van der Waals surface area contributed by atoms with Gasteiger partial charge >= 0.3 is 0 Å². The van der Waals surface area contributed by atoms with E-state index in [4.69, 9.17) is 4.74 Å². The van der Waals surface area contributed by atoms with E-state index < -0.39 is 12.0 Å². The van der Waals surface area contributed by atoms with Crippen LogP contribution in [0.4, 0.5) is 20.2 Å². The second kappa shape index (κ2) is 8.63. The molecule has 2 fully saturated rings. The van der Waals surface area contributed by atoms with E-state index in [1.165, 1.54) is 4.80 Å². The number of benzene rings is 1. The molecule has 3 aromatic heterocycles. The molecule has 1 aliphatic carbocycles. The third-order valence-corrected chi connectivity index (χ3v) is 6.69. The summed E-state index contributed by atoms with van der Waals surface area (Å²) in [7, 11) is 0. The summed E-state index contributed by atoms with van der Waals surface area (Å²) in [6, 6.07) is 8.90. The number of aryl methyl sites for hydroxylation is 1. The van der Waals surface area contributed by atoms with E-state index in [1.807, 2.05) is 37.4 Å². The quantitative estimate of drug-likeness (QED) is 0.454. The molecule has 1 saturated carbocycles. The van der Waals surface area contributed by atoms with E-state index in [0.717, 1.165) is 24.3 Å². The van der Waals surface area contributed by atoms with Gasteiger partial charge in [0.15, 0.2) is 0 Å². The van der Waals surface area contributed by atoms with Crippen LogP contribution in [0.2, 0.25) is 0 Å². The van der Waals surface area contributed by atoms with Crippen molar-refractivity contribution in [1.82, 2.24) is 29.8 Å². The number of aromatic nitrogens is 6. The van der Waals surface area contributed by atoms with E-state index in [1.54, 1.807) is 16.8 Å². The zero-order valence-corrected chi connectivity index (χ0v) is 19.6. The number of nitrogens with zero attached hydrogens (tertiary/aromatic N) is 7. The fourth-order valence-electron chi connectivity index (χ4n) is 4.54. The van der Waals surface area contributed by atoms with Crippen LogP contribution in [-0.2, 0) is 4.74 Å². The Morgan fingerprint density at radius 3 is 2.75 bits per heavy atom. The Kier molecular flexibility index (Phi) is 5.40. The monoisotopic (exact) mass is 494 g/mol. The zero-order valence-electron chi connectivity index (χ0n) is 19.6. The van der Waals surface area contributed by atoms with Crippen molar-refractivity contribution in [3.63, 3.8) is 0 Å². The number of rotatable bonds is 5. The van der Waals surface area contributed by atoms with Crippen molar-refractivity contribution in [2.24, 2.45) is 0 Å². The van der Waals surface area contributed by atoms with Crippen molar-refractivity contribution in [3.8, 4) is 11.4 Å². The molecule has 1 aromatic carbocycles. The van der Waals surface area contributed by atoms with Gasteiger partial charge in [-0.05, 0) is 35.9 Å². The minimum atomic E-state index is -2.67. The fourth-order valence-corrected chi connectivity index (χ4v) is 4.54. The van der Waals surface area contributed by atoms with Crippen molar-refractivity contribution in [2.45, 2.75) is 31.7 Å². The van der Waals surface area contributed by atoms with Crippen LogP contribution >= 0.6 is 0 Å². The first-order valence-corrected chi connectivity index (χ1v) is 11.8. The summed E-state index contributed by atoms with van der Waals surface area (Å²) >= 11 is 0. The summed E-state index contributed by atoms with van der Waals surface area (Å²) in [5.74, 6) is -2.65. The van der Waals surface area contributed by atoms with Crippen LogP contribution in [0.5, 0.6) is 0 Å². The first-order valence-electron chi connectivity index (χ1n) is 11.8. The van der Waals surface area contributed by atoms with Gasteiger partial charge in [0.2, 0.25) is 5.82 Å². The molecule has 0 atom stereocenters. The number of hydrogen-bond acceptors (Lipinski definition) is 7. The summed E-state index contributed by atoms with van der Waals surface area (Å²) in [6.45, 7) is 4.80. The molecular formula is C24H24F2N8O2. The van der Waals surface area contributed by atoms with Gasteiger partial charge in [0, 0.05) is 49.1 Å². The molecule has 1 saturated heterocycles. The summed E-state index contributed by atoms with van der Waals surface area (Å²) in [5, 5.41) is 19.6. The van der Waals surface area contributed by atoms with Gasteiger partial charge in [0.1, 0.15) is 0 Å². The van der Waals surface area contributed by atoms with E-state index in [2.05, 4.69) is 30.7 Å². The molecule has 0 radical (unpaired) electrons. The molecule has 1 aliphatic heterocycles. The first kappa shape index (κ1) is 22.5. The van der Waals surface area contributed by atoms with Crippen LogP contribution < -0.4 is 10.2 Å². The van der Waals surface area contributed by atoms with E-state index in [9.17, 15) is 13.6 Å². The van der Waals surface area contributed by atoms with Crippen molar-refractivity contribution in [3.05, 3.63) is 53.9 Å². The van der Waals surface area contributed by atoms with Crippen LogP contribution in [-0.4, -0.2) is 68.0 Å². The molecule has 1 N–H and O–H groups in total. The number of carbonyl (C=O) groups is 1. The predicted octanol–water partition coefficient (Wildman–Crippen LogP) is 3.36. The Labute approximate surface area is 204 Å². The van der Waals surface area contributed by atoms with E-state index in [-0.39, 0.29) is 18.7 Å². The van der Waals surface area contributed by atoms with Crippen molar-refractivity contribution in [1.29, 1.82) is 0 Å². The average Bonchev–Trinajstić information content (AvgIpc) is 3.51. The van der Waals surface area contributed by atoms with Crippen LogP contribution in [0, 0.1) is 6.92 Å². The zero-order chi connectivity index (χ0) is 24.9. The number of fused-ring (bicyclic) bond motifs is 1. The molecule has 6 rings (SSSR count). The molecule has 4 heterocycles. The minimum Gasteiger partial charge on any atom is -0.378 e. The number of pyridine rings is 1. The first-order chi connectivity index (χ1) is 17.4. The van der Waals surface area contributed by atoms with Crippen molar-refractivity contribution in [2.75, 3.05) is 36.5 Å². The molecule has 12 heteroatoms.